The van der Waals surface area contributed by atoms with Gasteiger partial charge in [-0.25, -0.2) is 4.98 Å². The molecule has 0 fully saturated rings. The number of benzene rings is 1. The number of halogens is 1. The predicted octanol–water partition coefficient (Wildman–Crippen LogP) is 4.15. The van der Waals surface area contributed by atoms with Crippen LogP contribution in [0, 0.1) is 13.8 Å². The SMILES string of the molecule is CCOc1ccc(NC(=O)c2sc(C)nc2C)cc1CCl. The van der Waals surface area contributed by atoms with Gasteiger partial charge >= 0.3 is 0 Å². The Labute approximate surface area is 133 Å². The summed E-state index contributed by atoms with van der Waals surface area (Å²) in [6.07, 6.45) is 0. The van der Waals surface area contributed by atoms with Crippen molar-refractivity contribution in [2.24, 2.45) is 0 Å². The number of thiazole rings is 1. The van der Waals surface area contributed by atoms with Crippen LogP contribution in [0.1, 0.15) is 32.9 Å². The van der Waals surface area contributed by atoms with Crippen LogP contribution in [0.5, 0.6) is 5.75 Å². The second-order valence-electron chi connectivity index (χ2n) is 4.49. The van der Waals surface area contributed by atoms with E-state index < -0.39 is 0 Å². The number of hydrogen-bond donors (Lipinski definition) is 1. The van der Waals surface area contributed by atoms with E-state index in [1.165, 1.54) is 11.3 Å². The first-order valence-electron chi connectivity index (χ1n) is 6.62. The number of carbonyl (C=O) groups excluding carboxylic acids is 1. The molecule has 112 valence electrons. The number of alkyl halides is 1. The van der Waals surface area contributed by atoms with Gasteiger partial charge in [0.15, 0.2) is 0 Å². The summed E-state index contributed by atoms with van der Waals surface area (Å²) < 4.78 is 5.49. The topological polar surface area (TPSA) is 51.2 Å². The molecule has 0 aliphatic heterocycles. The summed E-state index contributed by atoms with van der Waals surface area (Å²) in [7, 11) is 0. The minimum absolute atomic E-state index is 0.150. The maximum atomic E-state index is 12.3. The van der Waals surface area contributed by atoms with Gasteiger partial charge in [0.1, 0.15) is 10.6 Å². The first kappa shape index (κ1) is 15.8. The van der Waals surface area contributed by atoms with Gasteiger partial charge in [-0.15, -0.1) is 22.9 Å². The summed E-state index contributed by atoms with van der Waals surface area (Å²) in [5, 5.41) is 3.75. The third kappa shape index (κ3) is 3.74. The lowest BCUT2D eigenvalue weighted by atomic mass is 10.2. The molecule has 4 nitrogen and oxygen atoms in total. The van der Waals surface area contributed by atoms with Crippen molar-refractivity contribution >= 4 is 34.5 Å². The van der Waals surface area contributed by atoms with E-state index in [2.05, 4.69) is 10.3 Å². The second-order valence-corrected chi connectivity index (χ2v) is 5.96. The van der Waals surface area contributed by atoms with Gasteiger partial charge in [0.2, 0.25) is 0 Å². The molecule has 0 saturated carbocycles. The van der Waals surface area contributed by atoms with Crippen LogP contribution in [-0.2, 0) is 5.88 Å². The molecular formula is C15H17ClN2O2S. The molecule has 6 heteroatoms. The number of nitrogens with one attached hydrogen (secondary N) is 1. The third-order valence-corrected chi connectivity index (χ3v) is 4.23. The Kier molecular flexibility index (Phi) is 5.20. The van der Waals surface area contributed by atoms with E-state index in [4.69, 9.17) is 16.3 Å². The molecule has 0 saturated heterocycles. The van der Waals surface area contributed by atoms with Crippen LogP contribution in [0.3, 0.4) is 0 Å². The minimum Gasteiger partial charge on any atom is -0.494 e. The van der Waals surface area contributed by atoms with Gasteiger partial charge in [-0.2, -0.15) is 0 Å². The average molecular weight is 325 g/mol. The summed E-state index contributed by atoms with van der Waals surface area (Å²) in [6.45, 7) is 6.22. The van der Waals surface area contributed by atoms with Gasteiger partial charge in [-0.3, -0.25) is 4.79 Å². The lowest BCUT2D eigenvalue weighted by Crippen LogP contribution is -2.12. The molecule has 21 heavy (non-hydrogen) atoms. The highest BCUT2D eigenvalue weighted by atomic mass is 35.5. The molecule has 1 amide bonds. The van der Waals surface area contributed by atoms with Crippen molar-refractivity contribution in [3.05, 3.63) is 39.3 Å². The minimum atomic E-state index is -0.150. The second kappa shape index (κ2) is 6.91. The Morgan fingerprint density at radius 3 is 2.76 bits per heavy atom. The van der Waals surface area contributed by atoms with Crippen LogP contribution in [0.2, 0.25) is 0 Å². The standard InChI is InChI=1S/C15H17ClN2O2S/c1-4-20-13-6-5-12(7-11(13)8-16)18-15(19)14-9(2)17-10(3)21-14/h5-7H,4,8H2,1-3H3,(H,18,19). The Morgan fingerprint density at radius 1 is 1.43 bits per heavy atom. The largest absolute Gasteiger partial charge is 0.494 e. The summed E-state index contributed by atoms with van der Waals surface area (Å²) in [6, 6.07) is 5.46. The highest BCUT2D eigenvalue weighted by Crippen LogP contribution is 2.26. The first-order chi connectivity index (χ1) is 10.0. The molecular weight excluding hydrogens is 308 g/mol. The monoisotopic (exact) mass is 324 g/mol. The number of amides is 1. The molecule has 1 aromatic heterocycles. The lowest BCUT2D eigenvalue weighted by molar-refractivity contribution is 0.103. The molecule has 0 aliphatic rings. The molecule has 0 bridgehead atoms. The number of carbonyl (C=O) groups is 1. The fourth-order valence-corrected chi connectivity index (χ4v) is 3.01. The van der Waals surface area contributed by atoms with Crippen molar-refractivity contribution in [2.45, 2.75) is 26.7 Å². The van der Waals surface area contributed by atoms with E-state index in [9.17, 15) is 4.79 Å². The number of aromatic nitrogens is 1. The highest BCUT2D eigenvalue weighted by Gasteiger charge is 2.14. The summed E-state index contributed by atoms with van der Waals surface area (Å²) in [5.41, 5.74) is 2.30. The Balaban J connectivity index is 2.19. The van der Waals surface area contributed by atoms with Crippen molar-refractivity contribution in [1.82, 2.24) is 4.98 Å². The molecule has 0 atom stereocenters. The van der Waals surface area contributed by atoms with E-state index in [1.807, 2.05) is 39.0 Å². The van der Waals surface area contributed by atoms with Crippen molar-refractivity contribution in [1.29, 1.82) is 0 Å². The van der Waals surface area contributed by atoms with Crippen molar-refractivity contribution < 1.29 is 9.53 Å². The van der Waals surface area contributed by atoms with Gasteiger partial charge in [0.05, 0.1) is 23.2 Å². The number of anilines is 1. The molecule has 1 N–H and O–H groups in total. The number of aryl methyl sites for hydroxylation is 2. The van der Waals surface area contributed by atoms with E-state index in [0.717, 1.165) is 22.0 Å². The average Bonchev–Trinajstić information content (AvgIpc) is 2.79. The van der Waals surface area contributed by atoms with Gasteiger partial charge in [0, 0.05) is 11.3 Å². The van der Waals surface area contributed by atoms with Crippen molar-refractivity contribution in [3.8, 4) is 5.75 Å². The molecule has 1 aromatic carbocycles. The molecule has 0 radical (unpaired) electrons. The van der Waals surface area contributed by atoms with Crippen LogP contribution < -0.4 is 10.1 Å². The highest BCUT2D eigenvalue weighted by molar-refractivity contribution is 7.13. The lowest BCUT2D eigenvalue weighted by Gasteiger charge is -2.11. The van der Waals surface area contributed by atoms with Crippen LogP contribution in [0.15, 0.2) is 18.2 Å². The van der Waals surface area contributed by atoms with Gasteiger partial charge in [-0.05, 0) is 39.0 Å². The van der Waals surface area contributed by atoms with Crippen LogP contribution in [0.25, 0.3) is 0 Å². The van der Waals surface area contributed by atoms with Crippen molar-refractivity contribution in [2.75, 3.05) is 11.9 Å². The zero-order valence-corrected chi connectivity index (χ0v) is 13.8. The Hall–Kier alpha value is -1.59. The number of ether oxygens (including phenoxy) is 1. The summed E-state index contributed by atoms with van der Waals surface area (Å²) in [4.78, 5) is 17.1. The summed E-state index contributed by atoms with van der Waals surface area (Å²) >= 11 is 7.31. The number of nitrogens with zero attached hydrogens (tertiary/aromatic N) is 1. The smallest absolute Gasteiger partial charge is 0.267 e. The van der Waals surface area contributed by atoms with Crippen molar-refractivity contribution in [3.63, 3.8) is 0 Å². The fourth-order valence-electron chi connectivity index (χ4n) is 1.99. The predicted molar refractivity (Wildman–Crippen MR) is 86.7 cm³/mol. The quantitative estimate of drug-likeness (QED) is 0.840. The molecule has 1 heterocycles. The van der Waals surface area contributed by atoms with Crippen LogP contribution >= 0.6 is 22.9 Å². The van der Waals surface area contributed by atoms with E-state index in [-0.39, 0.29) is 5.91 Å². The molecule has 2 rings (SSSR count). The number of rotatable bonds is 5. The van der Waals surface area contributed by atoms with Gasteiger partial charge in [-0.1, -0.05) is 0 Å². The van der Waals surface area contributed by atoms with Crippen LogP contribution in [0.4, 0.5) is 5.69 Å². The zero-order chi connectivity index (χ0) is 15.4. The summed E-state index contributed by atoms with van der Waals surface area (Å²) in [5.74, 6) is 0.927. The van der Waals surface area contributed by atoms with Crippen LogP contribution in [-0.4, -0.2) is 17.5 Å². The Bertz CT molecular complexity index is 655. The third-order valence-electron chi connectivity index (χ3n) is 2.87. The van der Waals surface area contributed by atoms with E-state index >= 15 is 0 Å². The maximum Gasteiger partial charge on any atom is 0.267 e. The maximum absolute atomic E-state index is 12.3. The molecule has 0 unspecified atom stereocenters. The molecule has 2 aromatic rings. The fraction of sp³-hybridized carbons (Fsp3) is 0.333. The molecule has 0 spiro atoms. The van der Waals surface area contributed by atoms with Gasteiger partial charge in [0.25, 0.3) is 5.91 Å². The van der Waals surface area contributed by atoms with Gasteiger partial charge < -0.3 is 10.1 Å². The zero-order valence-electron chi connectivity index (χ0n) is 12.2. The Morgan fingerprint density at radius 2 is 2.19 bits per heavy atom. The number of hydrogen-bond acceptors (Lipinski definition) is 4. The normalized spacial score (nSPS) is 10.5. The first-order valence-corrected chi connectivity index (χ1v) is 7.97. The molecule has 0 aliphatic carbocycles. The van der Waals surface area contributed by atoms with E-state index in [1.54, 1.807) is 0 Å². The van der Waals surface area contributed by atoms with E-state index in [0.29, 0.717) is 23.1 Å².